The normalized spacial score (nSPS) is 11.9. The Labute approximate surface area is 327 Å². The number of fused-ring (bicyclic) bond motifs is 4. The van der Waals surface area contributed by atoms with E-state index in [4.69, 9.17) is 16.6 Å². The Balaban J connectivity index is 1.28. The highest BCUT2D eigenvalue weighted by atomic mass is 35.5. The van der Waals surface area contributed by atoms with Gasteiger partial charge in [0.1, 0.15) is 5.82 Å². The second kappa shape index (κ2) is 13.3. The molecule has 0 N–H and O–H groups in total. The van der Waals surface area contributed by atoms with Crippen LogP contribution >= 0.6 is 11.6 Å². The van der Waals surface area contributed by atoms with Crippen molar-refractivity contribution in [3.63, 3.8) is 0 Å². The van der Waals surface area contributed by atoms with Gasteiger partial charge in [-0.1, -0.05) is 123 Å². The quantitative estimate of drug-likeness (QED) is 0.170. The molecule has 0 amide bonds. The van der Waals surface area contributed by atoms with E-state index in [1.165, 1.54) is 44.1 Å². The monoisotopic (exact) mass is 734 g/mol. The summed E-state index contributed by atoms with van der Waals surface area (Å²) in [4.78, 5) is 7.54. The van der Waals surface area contributed by atoms with E-state index in [2.05, 4.69) is 201 Å². The summed E-state index contributed by atoms with van der Waals surface area (Å²) in [5.41, 5.74) is 15.1. The summed E-state index contributed by atoms with van der Waals surface area (Å²) < 4.78 is 4.60. The van der Waals surface area contributed by atoms with Crippen LogP contribution < -0.4 is 4.90 Å². The number of aryl methyl sites for hydroxylation is 3. The van der Waals surface area contributed by atoms with Crippen LogP contribution in [0.25, 0.3) is 55.6 Å². The second-order valence-corrected chi connectivity index (χ2v) is 16.0. The minimum atomic E-state index is 0.0164. The van der Waals surface area contributed by atoms with Crippen LogP contribution in [0.15, 0.2) is 152 Å². The van der Waals surface area contributed by atoms with Gasteiger partial charge in [0.05, 0.1) is 38.5 Å². The zero-order chi connectivity index (χ0) is 38.0. The summed E-state index contributed by atoms with van der Waals surface area (Å²) >= 11 is 7.76. The SMILES string of the molecule is Cc1cc(C)c(-c2nc3ccccc3n2-c2cccc(N(c3ccc(C(C)(C)C)cc3)c3cccc(-n4c5ccccc5c5ccccc54)c3)c2Cl)c(C)c1. The summed E-state index contributed by atoms with van der Waals surface area (Å²) in [6, 6.07) is 54.1. The molecule has 4 nitrogen and oxygen atoms in total. The van der Waals surface area contributed by atoms with Gasteiger partial charge in [-0.15, -0.1) is 0 Å². The second-order valence-electron chi connectivity index (χ2n) is 15.7. The average Bonchev–Trinajstić information content (AvgIpc) is 3.71. The number of rotatable bonds is 6. The molecule has 7 aromatic carbocycles. The molecule has 2 heterocycles. The highest BCUT2D eigenvalue weighted by Crippen LogP contribution is 2.45. The van der Waals surface area contributed by atoms with Crippen LogP contribution in [0, 0.1) is 20.8 Å². The van der Waals surface area contributed by atoms with Gasteiger partial charge in [0, 0.05) is 33.4 Å². The molecule has 0 aliphatic carbocycles. The predicted molar refractivity (Wildman–Crippen MR) is 233 cm³/mol. The molecule has 270 valence electrons. The van der Waals surface area contributed by atoms with Crippen molar-refractivity contribution < 1.29 is 0 Å². The molecule has 0 aliphatic rings. The third kappa shape index (κ3) is 5.89. The number of nitrogens with zero attached hydrogens (tertiary/aromatic N) is 4. The first-order valence-electron chi connectivity index (χ1n) is 18.9. The third-order valence-electron chi connectivity index (χ3n) is 10.8. The molecule has 0 saturated carbocycles. The molecule has 0 saturated heterocycles. The summed E-state index contributed by atoms with van der Waals surface area (Å²) in [6.45, 7) is 13.2. The van der Waals surface area contributed by atoms with Crippen molar-refractivity contribution in [2.24, 2.45) is 0 Å². The third-order valence-corrected chi connectivity index (χ3v) is 11.2. The number of hydrogen-bond donors (Lipinski definition) is 0. The van der Waals surface area contributed by atoms with Gasteiger partial charge in [-0.05, 0) is 110 Å². The number of hydrogen-bond acceptors (Lipinski definition) is 2. The van der Waals surface area contributed by atoms with E-state index < -0.39 is 0 Å². The van der Waals surface area contributed by atoms with E-state index in [1.54, 1.807) is 0 Å². The highest BCUT2D eigenvalue weighted by Gasteiger charge is 2.24. The van der Waals surface area contributed by atoms with Gasteiger partial charge in [0.15, 0.2) is 0 Å². The van der Waals surface area contributed by atoms with E-state index in [9.17, 15) is 0 Å². The summed E-state index contributed by atoms with van der Waals surface area (Å²) in [5.74, 6) is 0.879. The maximum atomic E-state index is 7.76. The maximum Gasteiger partial charge on any atom is 0.146 e. The van der Waals surface area contributed by atoms with Crippen molar-refractivity contribution in [3.8, 4) is 22.8 Å². The fraction of sp³-hybridized carbons (Fsp3) is 0.140. The van der Waals surface area contributed by atoms with Gasteiger partial charge in [0.25, 0.3) is 0 Å². The molecular formula is C50H43ClN4. The number of halogens is 1. The van der Waals surface area contributed by atoms with Crippen LogP contribution in [-0.2, 0) is 5.41 Å². The first-order chi connectivity index (χ1) is 26.6. The average molecular weight is 735 g/mol. The van der Waals surface area contributed by atoms with Crippen LogP contribution in [0.1, 0.15) is 43.0 Å². The molecule has 0 bridgehead atoms. The van der Waals surface area contributed by atoms with Crippen molar-refractivity contribution in [2.45, 2.75) is 47.0 Å². The van der Waals surface area contributed by atoms with E-state index in [0.717, 1.165) is 50.9 Å². The minimum absolute atomic E-state index is 0.0164. The Bertz CT molecular complexity index is 2830. The van der Waals surface area contributed by atoms with Crippen molar-refractivity contribution in [1.82, 2.24) is 14.1 Å². The predicted octanol–water partition coefficient (Wildman–Crippen LogP) is 14.1. The number of aromatic nitrogens is 3. The first kappa shape index (κ1) is 34.7. The van der Waals surface area contributed by atoms with Crippen molar-refractivity contribution in [2.75, 3.05) is 4.90 Å². The van der Waals surface area contributed by atoms with Crippen molar-refractivity contribution >= 4 is 61.5 Å². The van der Waals surface area contributed by atoms with Crippen LogP contribution in [0.4, 0.5) is 17.1 Å². The Kier molecular flexibility index (Phi) is 8.40. The Morgan fingerprint density at radius 3 is 1.82 bits per heavy atom. The van der Waals surface area contributed by atoms with Crippen molar-refractivity contribution in [3.05, 3.63) is 179 Å². The number of benzene rings is 7. The Morgan fingerprint density at radius 2 is 1.16 bits per heavy atom. The molecule has 9 aromatic rings. The minimum Gasteiger partial charge on any atom is -0.309 e. The number of anilines is 3. The molecule has 0 radical (unpaired) electrons. The van der Waals surface area contributed by atoms with Crippen molar-refractivity contribution in [1.29, 1.82) is 0 Å². The molecular weight excluding hydrogens is 692 g/mol. The van der Waals surface area contributed by atoms with E-state index in [-0.39, 0.29) is 5.41 Å². The van der Waals surface area contributed by atoms with E-state index in [0.29, 0.717) is 5.02 Å². The van der Waals surface area contributed by atoms with Gasteiger partial charge in [0.2, 0.25) is 0 Å². The van der Waals surface area contributed by atoms with E-state index in [1.807, 2.05) is 6.07 Å². The molecule has 9 rings (SSSR count). The first-order valence-corrected chi connectivity index (χ1v) is 19.3. The standard InChI is InChI=1S/C50H43ClN4/c1-32-29-33(2)47(34(3)30-32)49-52-41-19-9-12-22-44(41)55(49)46-24-14-23-45(48(46)51)53(36-27-25-35(26-28-36)50(4,5)6)37-15-13-16-38(31-37)54-42-20-10-7-17-39(42)40-18-8-11-21-43(40)54/h7-31H,1-6H3. The molecule has 2 aromatic heterocycles. The topological polar surface area (TPSA) is 26.0 Å². The molecule has 5 heteroatoms. The molecule has 0 atom stereocenters. The lowest BCUT2D eigenvalue weighted by Gasteiger charge is -2.29. The van der Waals surface area contributed by atoms with Gasteiger partial charge < -0.3 is 9.47 Å². The molecule has 0 aliphatic heterocycles. The molecule has 0 fully saturated rings. The summed E-state index contributed by atoms with van der Waals surface area (Å²) in [6.07, 6.45) is 0. The Hall–Kier alpha value is -6.10. The molecule has 55 heavy (non-hydrogen) atoms. The van der Waals surface area contributed by atoms with Crippen LogP contribution in [-0.4, -0.2) is 14.1 Å². The van der Waals surface area contributed by atoms with Gasteiger partial charge in [-0.3, -0.25) is 4.57 Å². The lowest BCUT2D eigenvalue weighted by Crippen LogP contribution is -2.14. The maximum absolute atomic E-state index is 7.76. The lowest BCUT2D eigenvalue weighted by molar-refractivity contribution is 0.590. The largest absolute Gasteiger partial charge is 0.309 e. The van der Waals surface area contributed by atoms with Gasteiger partial charge in [-0.25, -0.2) is 4.98 Å². The molecule has 0 spiro atoms. The van der Waals surface area contributed by atoms with Crippen LogP contribution in [0.3, 0.4) is 0 Å². The summed E-state index contributed by atoms with van der Waals surface area (Å²) in [7, 11) is 0. The lowest BCUT2D eigenvalue weighted by atomic mass is 9.87. The highest BCUT2D eigenvalue weighted by molar-refractivity contribution is 6.35. The fourth-order valence-electron chi connectivity index (χ4n) is 8.33. The fourth-order valence-corrected chi connectivity index (χ4v) is 8.63. The van der Waals surface area contributed by atoms with Gasteiger partial charge >= 0.3 is 0 Å². The van der Waals surface area contributed by atoms with Crippen LogP contribution in [0.2, 0.25) is 5.02 Å². The number of para-hydroxylation sites is 4. The molecule has 0 unspecified atom stereocenters. The zero-order valence-electron chi connectivity index (χ0n) is 32.1. The zero-order valence-corrected chi connectivity index (χ0v) is 32.9. The van der Waals surface area contributed by atoms with E-state index >= 15 is 0 Å². The Morgan fingerprint density at radius 1 is 0.564 bits per heavy atom. The van der Waals surface area contributed by atoms with Crippen LogP contribution in [0.5, 0.6) is 0 Å². The smallest absolute Gasteiger partial charge is 0.146 e. The summed E-state index contributed by atoms with van der Waals surface area (Å²) in [5, 5.41) is 3.10. The van der Waals surface area contributed by atoms with Gasteiger partial charge in [-0.2, -0.15) is 0 Å². The number of imidazole rings is 1.